The van der Waals surface area contributed by atoms with Crippen LogP contribution in [0.4, 0.5) is 0 Å². The van der Waals surface area contributed by atoms with Crippen LogP contribution in [0.3, 0.4) is 0 Å². The van der Waals surface area contributed by atoms with Crippen molar-refractivity contribution >= 4 is 16.4 Å². The molecule has 0 N–H and O–H groups in total. The van der Waals surface area contributed by atoms with Crippen LogP contribution in [0, 0.1) is 0 Å². The number of hydrogen-bond donors (Lipinski definition) is 0. The number of carbonyl (C=O) groups excluding carboxylic acids is 1. The molecule has 0 aromatic heterocycles. The minimum Gasteiger partial charge on any atom is -0.550 e. The van der Waals surface area contributed by atoms with Gasteiger partial charge in [-0.1, -0.05) is 96.8 Å². The van der Waals surface area contributed by atoms with Crippen molar-refractivity contribution in [1.29, 1.82) is 0 Å². The third kappa shape index (κ3) is 31.5. The van der Waals surface area contributed by atoms with Crippen molar-refractivity contribution in [3.05, 3.63) is 0 Å². The number of nitrogens with zero attached hydrogens (tertiary/aromatic N) is 1. The molecule has 32 heavy (non-hydrogen) atoms. The number of quaternary nitrogens is 1. The van der Waals surface area contributed by atoms with Gasteiger partial charge in [-0.05, 0) is 12.8 Å². The first-order valence-electron chi connectivity index (χ1n) is 12.5. The zero-order valence-electron chi connectivity index (χ0n) is 21.5. The number of aliphatic carboxylic acids is 1. The number of carboxylic acid groups (broad SMARTS) is 1. The Morgan fingerprint density at radius 2 is 1.12 bits per heavy atom. The first kappa shape index (κ1) is 33.5. The lowest BCUT2D eigenvalue weighted by atomic mass is 10.0. The maximum Gasteiger partial charge on any atom is 0.399 e. The van der Waals surface area contributed by atoms with Gasteiger partial charge in [-0.25, -0.2) is 4.18 Å². The maximum atomic E-state index is 10.6. The van der Waals surface area contributed by atoms with E-state index in [9.17, 15) is 18.3 Å². The number of hydrogen-bond acceptors (Lipinski definition) is 6. The minimum atomic E-state index is -3.75. The van der Waals surface area contributed by atoms with Crippen molar-refractivity contribution in [2.24, 2.45) is 0 Å². The average molecular weight is 482 g/mol. The second-order valence-electron chi connectivity index (χ2n) is 9.48. The summed E-state index contributed by atoms with van der Waals surface area (Å²) in [4.78, 5) is 10.2. The Hall–Kier alpha value is -0.700. The van der Waals surface area contributed by atoms with E-state index in [1.54, 1.807) is 0 Å². The van der Waals surface area contributed by atoms with Crippen molar-refractivity contribution in [3.8, 4) is 0 Å². The zero-order chi connectivity index (χ0) is 24.7. The topological polar surface area (TPSA) is 92.7 Å². The van der Waals surface area contributed by atoms with Crippen molar-refractivity contribution in [2.75, 3.05) is 41.4 Å². The van der Waals surface area contributed by atoms with Crippen LogP contribution in [-0.4, -0.2) is 60.3 Å². The quantitative estimate of drug-likeness (QED) is 0.176. The summed E-state index contributed by atoms with van der Waals surface area (Å²) in [6, 6.07) is 0. The Kier molecular flexibility index (Phi) is 23.1. The summed E-state index contributed by atoms with van der Waals surface area (Å²) in [6.07, 6.45) is 19.9. The molecule has 0 rings (SSSR count). The number of carbonyl (C=O) groups is 1. The van der Waals surface area contributed by atoms with E-state index in [4.69, 9.17) is 0 Å². The Morgan fingerprint density at radius 3 is 1.44 bits per heavy atom. The Bertz CT molecular complexity index is 517. The molecule has 0 amide bonds. The van der Waals surface area contributed by atoms with Crippen molar-refractivity contribution in [1.82, 2.24) is 0 Å². The van der Waals surface area contributed by atoms with Gasteiger partial charge in [-0.2, -0.15) is 8.42 Å². The van der Waals surface area contributed by atoms with Crippen LogP contribution in [0.25, 0.3) is 0 Å². The van der Waals surface area contributed by atoms with Crippen molar-refractivity contribution < 1.29 is 31.2 Å². The lowest BCUT2D eigenvalue weighted by molar-refractivity contribution is -0.870. The van der Waals surface area contributed by atoms with E-state index in [0.29, 0.717) is 11.0 Å². The Morgan fingerprint density at radius 1 is 0.750 bits per heavy atom. The van der Waals surface area contributed by atoms with Crippen molar-refractivity contribution in [3.63, 3.8) is 0 Å². The number of unbranched alkanes of at least 4 members (excludes halogenated alkanes) is 14. The molecule has 0 atom stereocenters. The normalized spacial score (nSPS) is 11.8. The lowest BCUT2D eigenvalue weighted by Crippen LogP contribution is -2.38. The van der Waals surface area contributed by atoms with Gasteiger partial charge < -0.3 is 14.4 Å². The monoisotopic (exact) mass is 481 g/mol. The fourth-order valence-electron chi connectivity index (χ4n) is 3.10. The molecule has 0 saturated carbocycles. The van der Waals surface area contributed by atoms with Gasteiger partial charge in [0, 0.05) is 5.97 Å². The molecule has 0 heterocycles. The Balaban J connectivity index is 0. The molecule has 0 aliphatic carbocycles. The molecule has 0 fully saturated rings. The zero-order valence-corrected chi connectivity index (χ0v) is 22.3. The second kappa shape index (κ2) is 22.1. The van der Waals surface area contributed by atoms with Crippen LogP contribution in [-0.2, 0) is 23.6 Å². The summed E-state index contributed by atoms with van der Waals surface area (Å²) < 4.78 is 30.5. The first-order valence-corrected chi connectivity index (χ1v) is 13.8. The number of carboxylic acids is 1. The van der Waals surface area contributed by atoms with Crippen LogP contribution in [0.15, 0.2) is 0 Å². The summed E-state index contributed by atoms with van der Waals surface area (Å²) >= 11 is 0. The molecule has 0 aromatic carbocycles. The fraction of sp³-hybridized carbons (Fsp3) is 0.958. The molecular formula is C24H51NO6S. The van der Waals surface area contributed by atoms with Gasteiger partial charge in [0.25, 0.3) is 0 Å². The standard InChI is InChI=1S/C18H36O2.C6H16NO4S/c1-2-3-4-5-6-7-8-9-10-11-12-13-14-15-16-17-18(19)20;1-7(2,3)5-6-11-12(8,9)10-4/h2-17H2,1H3,(H,19,20);5-6H2,1-4H3/q;+1/p-1. The molecule has 0 aliphatic rings. The number of rotatable bonds is 21. The molecule has 0 radical (unpaired) electrons. The highest BCUT2D eigenvalue weighted by atomic mass is 32.3. The lowest BCUT2D eigenvalue weighted by Gasteiger charge is -2.22. The smallest absolute Gasteiger partial charge is 0.399 e. The summed E-state index contributed by atoms with van der Waals surface area (Å²) in [5, 5.41) is 10.2. The average Bonchev–Trinajstić information content (AvgIpc) is 2.70. The minimum absolute atomic E-state index is 0.139. The van der Waals surface area contributed by atoms with Gasteiger partial charge in [0.05, 0.1) is 28.3 Å². The Labute approximate surface area is 198 Å². The molecule has 194 valence electrons. The molecule has 0 spiro atoms. The summed E-state index contributed by atoms with van der Waals surface area (Å²) in [5.41, 5.74) is 0. The predicted molar refractivity (Wildman–Crippen MR) is 129 cm³/mol. The van der Waals surface area contributed by atoms with Crippen molar-refractivity contribution in [2.45, 2.75) is 110 Å². The highest BCUT2D eigenvalue weighted by Crippen LogP contribution is 2.13. The van der Waals surface area contributed by atoms with Gasteiger partial charge in [0.2, 0.25) is 0 Å². The molecule has 0 aliphatic heterocycles. The van der Waals surface area contributed by atoms with Gasteiger partial charge >= 0.3 is 10.4 Å². The van der Waals surface area contributed by atoms with Crippen LogP contribution >= 0.6 is 0 Å². The van der Waals surface area contributed by atoms with E-state index < -0.39 is 16.4 Å². The second-order valence-corrected chi connectivity index (χ2v) is 10.9. The van der Waals surface area contributed by atoms with E-state index in [1.165, 1.54) is 83.5 Å². The first-order chi connectivity index (χ1) is 15.0. The van der Waals surface area contributed by atoms with E-state index in [1.807, 2.05) is 21.1 Å². The molecule has 0 aromatic rings. The third-order valence-corrected chi connectivity index (χ3v) is 6.04. The van der Waals surface area contributed by atoms with E-state index >= 15 is 0 Å². The fourth-order valence-corrected chi connectivity index (χ4v) is 3.48. The number of likely N-dealkylation sites (N-methyl/N-ethyl adjacent to an activating group) is 1. The molecule has 0 bridgehead atoms. The molecule has 8 heteroatoms. The van der Waals surface area contributed by atoms with Gasteiger partial charge in [-0.15, -0.1) is 0 Å². The highest BCUT2D eigenvalue weighted by molar-refractivity contribution is 7.81. The molecular weight excluding hydrogens is 430 g/mol. The predicted octanol–water partition coefficient (Wildman–Crippen LogP) is 4.60. The van der Waals surface area contributed by atoms with Crippen LogP contribution in [0.1, 0.15) is 110 Å². The third-order valence-electron chi connectivity index (χ3n) is 5.18. The molecule has 0 unspecified atom stereocenters. The SMILES string of the molecule is CCCCCCCCCCCCCCCCCC(=O)[O-].COS(=O)(=O)OCC[N+](C)(C)C. The highest BCUT2D eigenvalue weighted by Gasteiger charge is 2.12. The summed E-state index contributed by atoms with van der Waals surface area (Å²) in [6.45, 7) is 3.02. The van der Waals surface area contributed by atoms with Gasteiger partial charge in [-0.3, -0.25) is 4.18 Å². The van der Waals surface area contributed by atoms with Crippen LogP contribution in [0.5, 0.6) is 0 Å². The molecule has 7 nitrogen and oxygen atoms in total. The van der Waals surface area contributed by atoms with Crippen LogP contribution < -0.4 is 5.11 Å². The summed E-state index contributed by atoms with van der Waals surface area (Å²) in [7, 11) is 3.16. The largest absolute Gasteiger partial charge is 0.550 e. The van der Waals surface area contributed by atoms with E-state index in [0.717, 1.165) is 20.0 Å². The van der Waals surface area contributed by atoms with E-state index in [-0.39, 0.29) is 13.0 Å². The van der Waals surface area contributed by atoms with Gasteiger partial charge in [0.15, 0.2) is 0 Å². The van der Waals surface area contributed by atoms with Crippen LogP contribution in [0.2, 0.25) is 0 Å². The maximum absolute atomic E-state index is 10.6. The van der Waals surface area contributed by atoms with Gasteiger partial charge in [0.1, 0.15) is 13.2 Å². The van der Waals surface area contributed by atoms with E-state index in [2.05, 4.69) is 15.3 Å². The molecule has 0 saturated heterocycles. The summed E-state index contributed by atoms with van der Waals surface area (Å²) in [5.74, 6) is -0.903.